The van der Waals surface area contributed by atoms with E-state index >= 15 is 0 Å². The summed E-state index contributed by atoms with van der Waals surface area (Å²) < 4.78 is 7.40. The van der Waals surface area contributed by atoms with Crippen molar-refractivity contribution in [2.24, 2.45) is 10.9 Å². The minimum Gasteiger partial charge on any atom is -0.379 e. The van der Waals surface area contributed by atoms with Crippen molar-refractivity contribution in [1.82, 2.24) is 25.3 Å². The summed E-state index contributed by atoms with van der Waals surface area (Å²) in [6.07, 6.45) is 4.90. The fraction of sp³-hybridized carbons (Fsp3) is 0.565. The number of aliphatic imine (C=N–C) groups is 1. The van der Waals surface area contributed by atoms with Gasteiger partial charge in [-0.2, -0.15) is 5.10 Å². The Morgan fingerprint density at radius 1 is 1.17 bits per heavy atom. The molecule has 7 nitrogen and oxygen atoms in total. The van der Waals surface area contributed by atoms with E-state index in [0.717, 1.165) is 51.0 Å². The summed E-state index contributed by atoms with van der Waals surface area (Å²) >= 11 is 0. The van der Waals surface area contributed by atoms with Crippen LogP contribution in [-0.4, -0.2) is 66.1 Å². The van der Waals surface area contributed by atoms with Gasteiger partial charge in [0.25, 0.3) is 0 Å². The summed E-state index contributed by atoms with van der Waals surface area (Å²) in [5.74, 6) is 1.53. The molecule has 2 N–H and O–H groups in total. The van der Waals surface area contributed by atoms with Crippen LogP contribution in [0.25, 0.3) is 5.69 Å². The first-order valence-corrected chi connectivity index (χ1v) is 11.1. The van der Waals surface area contributed by atoms with Gasteiger partial charge in [0.05, 0.1) is 25.4 Å². The van der Waals surface area contributed by atoms with E-state index < -0.39 is 0 Å². The smallest absolute Gasteiger partial charge is 0.191 e. The number of aromatic nitrogens is 2. The average Bonchev–Trinajstić information content (AvgIpc) is 3.30. The summed E-state index contributed by atoms with van der Waals surface area (Å²) in [5.41, 5.74) is 2.23. The van der Waals surface area contributed by atoms with E-state index in [0.29, 0.717) is 18.5 Å². The van der Waals surface area contributed by atoms with Gasteiger partial charge in [-0.3, -0.25) is 4.90 Å². The van der Waals surface area contributed by atoms with E-state index in [4.69, 9.17) is 9.73 Å². The first-order chi connectivity index (χ1) is 14.7. The van der Waals surface area contributed by atoms with Gasteiger partial charge in [0.15, 0.2) is 5.96 Å². The molecular formula is C23H36N6O. The minimum absolute atomic E-state index is 0.492. The average molecular weight is 413 g/mol. The number of rotatable bonds is 9. The Morgan fingerprint density at radius 2 is 1.93 bits per heavy atom. The Kier molecular flexibility index (Phi) is 8.71. The molecule has 1 fully saturated rings. The van der Waals surface area contributed by atoms with Crippen LogP contribution in [0.2, 0.25) is 0 Å². The molecule has 0 bridgehead atoms. The second kappa shape index (κ2) is 11.7. The van der Waals surface area contributed by atoms with E-state index in [1.807, 2.05) is 16.9 Å². The summed E-state index contributed by atoms with van der Waals surface area (Å²) in [7, 11) is 0. The molecule has 30 heavy (non-hydrogen) atoms. The van der Waals surface area contributed by atoms with Crippen molar-refractivity contribution in [2.45, 2.75) is 39.8 Å². The minimum atomic E-state index is 0.492. The predicted octanol–water partition coefficient (Wildman–Crippen LogP) is 2.67. The SMILES string of the molecule is CCNC(=NCc1ccc(-n2cccn2)cc1)NCC(CC(C)C)N1CCOCC1. The molecule has 164 valence electrons. The van der Waals surface area contributed by atoms with Crippen LogP contribution in [0.4, 0.5) is 0 Å². The Bertz CT molecular complexity index is 751. The number of morpholine rings is 1. The molecule has 1 atom stereocenters. The lowest BCUT2D eigenvalue weighted by Gasteiger charge is -2.35. The van der Waals surface area contributed by atoms with E-state index in [-0.39, 0.29) is 0 Å². The van der Waals surface area contributed by atoms with Crippen LogP contribution in [0.15, 0.2) is 47.7 Å². The second-order valence-electron chi connectivity index (χ2n) is 8.12. The maximum Gasteiger partial charge on any atom is 0.191 e. The number of hydrogen-bond donors (Lipinski definition) is 2. The fourth-order valence-electron chi connectivity index (χ4n) is 3.75. The zero-order chi connectivity index (χ0) is 21.2. The zero-order valence-electron chi connectivity index (χ0n) is 18.6. The van der Waals surface area contributed by atoms with E-state index in [1.54, 1.807) is 6.20 Å². The third kappa shape index (κ3) is 6.85. The third-order valence-electron chi connectivity index (χ3n) is 5.28. The van der Waals surface area contributed by atoms with Crippen LogP contribution in [0, 0.1) is 5.92 Å². The highest BCUT2D eigenvalue weighted by atomic mass is 16.5. The maximum absolute atomic E-state index is 5.53. The molecule has 2 aromatic rings. The van der Waals surface area contributed by atoms with Crippen molar-refractivity contribution >= 4 is 5.96 Å². The van der Waals surface area contributed by atoms with Crippen LogP contribution in [0.1, 0.15) is 32.8 Å². The van der Waals surface area contributed by atoms with E-state index in [1.165, 1.54) is 12.0 Å². The van der Waals surface area contributed by atoms with Crippen molar-refractivity contribution in [3.05, 3.63) is 48.3 Å². The number of nitrogens with zero attached hydrogens (tertiary/aromatic N) is 4. The lowest BCUT2D eigenvalue weighted by molar-refractivity contribution is 0.0132. The van der Waals surface area contributed by atoms with E-state index in [9.17, 15) is 0 Å². The fourth-order valence-corrected chi connectivity index (χ4v) is 3.75. The quantitative estimate of drug-likeness (QED) is 0.490. The van der Waals surface area contributed by atoms with Gasteiger partial charge in [-0.25, -0.2) is 9.67 Å². The van der Waals surface area contributed by atoms with Crippen molar-refractivity contribution in [3.8, 4) is 5.69 Å². The number of guanidine groups is 1. The van der Waals surface area contributed by atoms with Gasteiger partial charge in [-0.05, 0) is 43.0 Å². The van der Waals surface area contributed by atoms with Crippen LogP contribution in [0.3, 0.4) is 0 Å². The van der Waals surface area contributed by atoms with Crippen molar-refractivity contribution < 1.29 is 4.74 Å². The summed E-state index contributed by atoms with van der Waals surface area (Å²) in [4.78, 5) is 7.35. The van der Waals surface area contributed by atoms with Crippen molar-refractivity contribution in [2.75, 3.05) is 39.4 Å². The molecule has 2 heterocycles. The van der Waals surface area contributed by atoms with Gasteiger partial charge < -0.3 is 15.4 Å². The number of hydrogen-bond acceptors (Lipinski definition) is 4. The standard InChI is InChI=1S/C23H36N6O/c1-4-24-23(26-18-22(16-19(2)3)28-12-14-30-15-13-28)25-17-20-6-8-21(9-7-20)29-11-5-10-27-29/h5-11,19,22H,4,12-18H2,1-3H3,(H2,24,25,26). The van der Waals surface area contributed by atoms with E-state index in [2.05, 4.69) is 65.7 Å². The number of benzene rings is 1. The van der Waals surface area contributed by atoms with Crippen LogP contribution >= 0.6 is 0 Å². The summed E-state index contributed by atoms with van der Waals surface area (Å²) in [6.45, 7) is 12.7. The molecule has 3 rings (SSSR count). The van der Waals surface area contributed by atoms with Crippen LogP contribution in [0.5, 0.6) is 0 Å². The first kappa shape index (κ1) is 22.3. The second-order valence-corrected chi connectivity index (χ2v) is 8.12. The highest BCUT2D eigenvalue weighted by Crippen LogP contribution is 2.13. The third-order valence-corrected chi connectivity index (χ3v) is 5.28. The molecule has 0 spiro atoms. The molecule has 1 aromatic heterocycles. The molecule has 7 heteroatoms. The van der Waals surface area contributed by atoms with Gasteiger partial charge in [0.1, 0.15) is 0 Å². The van der Waals surface area contributed by atoms with Crippen molar-refractivity contribution in [1.29, 1.82) is 0 Å². The molecule has 1 unspecified atom stereocenters. The molecular weight excluding hydrogens is 376 g/mol. The highest BCUT2D eigenvalue weighted by molar-refractivity contribution is 5.79. The van der Waals surface area contributed by atoms with Crippen LogP contribution in [-0.2, 0) is 11.3 Å². The Morgan fingerprint density at radius 3 is 2.57 bits per heavy atom. The monoisotopic (exact) mass is 412 g/mol. The molecule has 1 saturated heterocycles. The Hall–Kier alpha value is -2.38. The molecule has 1 aliphatic rings. The Labute approximate surface area is 180 Å². The lowest BCUT2D eigenvalue weighted by atomic mass is 10.0. The van der Waals surface area contributed by atoms with Crippen LogP contribution < -0.4 is 10.6 Å². The normalized spacial score (nSPS) is 16.6. The molecule has 0 saturated carbocycles. The topological polar surface area (TPSA) is 66.7 Å². The molecule has 0 aliphatic carbocycles. The predicted molar refractivity (Wildman–Crippen MR) is 122 cm³/mol. The van der Waals surface area contributed by atoms with Crippen molar-refractivity contribution in [3.63, 3.8) is 0 Å². The van der Waals surface area contributed by atoms with Gasteiger partial charge in [-0.15, -0.1) is 0 Å². The number of nitrogens with one attached hydrogen (secondary N) is 2. The lowest BCUT2D eigenvalue weighted by Crippen LogP contribution is -2.51. The maximum atomic E-state index is 5.53. The molecule has 0 amide bonds. The summed E-state index contributed by atoms with van der Waals surface area (Å²) in [5, 5.41) is 11.2. The first-order valence-electron chi connectivity index (χ1n) is 11.1. The van der Waals surface area contributed by atoms with Gasteiger partial charge in [0, 0.05) is 44.6 Å². The van der Waals surface area contributed by atoms with Gasteiger partial charge in [0.2, 0.25) is 0 Å². The molecule has 1 aromatic carbocycles. The molecule has 1 aliphatic heterocycles. The van der Waals surface area contributed by atoms with Gasteiger partial charge in [-0.1, -0.05) is 26.0 Å². The largest absolute Gasteiger partial charge is 0.379 e. The number of ether oxygens (including phenoxy) is 1. The van der Waals surface area contributed by atoms with Gasteiger partial charge >= 0.3 is 0 Å². The molecule has 0 radical (unpaired) electrons. The highest BCUT2D eigenvalue weighted by Gasteiger charge is 2.22. The Balaban J connectivity index is 1.58. The zero-order valence-corrected chi connectivity index (χ0v) is 18.6. The summed E-state index contributed by atoms with van der Waals surface area (Å²) in [6, 6.07) is 10.8.